The molecule has 27 heavy (non-hydrogen) atoms. The Labute approximate surface area is 158 Å². The van der Waals surface area contributed by atoms with E-state index in [2.05, 4.69) is 4.90 Å². The van der Waals surface area contributed by atoms with Crippen LogP contribution in [0, 0.1) is 10.1 Å². The molecule has 1 saturated heterocycles. The minimum absolute atomic E-state index is 0.0213. The minimum Gasteiger partial charge on any atom is -0.366 e. The first kappa shape index (κ1) is 17.5. The van der Waals surface area contributed by atoms with Crippen molar-refractivity contribution in [1.29, 1.82) is 0 Å². The topological polar surface area (TPSA) is 66.7 Å². The van der Waals surface area contributed by atoms with Gasteiger partial charge in [0, 0.05) is 37.0 Å². The van der Waals surface area contributed by atoms with Crippen molar-refractivity contribution >= 4 is 23.0 Å². The van der Waals surface area contributed by atoms with Crippen molar-refractivity contribution in [3.8, 4) is 0 Å². The van der Waals surface area contributed by atoms with Crippen LogP contribution in [0.4, 0.5) is 17.1 Å². The molecule has 6 nitrogen and oxygen atoms in total. The summed E-state index contributed by atoms with van der Waals surface area (Å²) in [6, 6.07) is 12.8. The molecule has 1 fully saturated rings. The van der Waals surface area contributed by atoms with Crippen molar-refractivity contribution in [3.05, 3.63) is 63.7 Å². The van der Waals surface area contributed by atoms with Crippen LogP contribution < -0.4 is 9.80 Å². The van der Waals surface area contributed by atoms with E-state index in [9.17, 15) is 14.9 Å². The molecule has 2 aromatic rings. The zero-order valence-electron chi connectivity index (χ0n) is 15.3. The molecule has 2 aliphatic heterocycles. The Hall–Kier alpha value is -2.89. The molecule has 2 aliphatic rings. The number of benzene rings is 2. The Morgan fingerprint density at radius 2 is 1.70 bits per heavy atom. The number of hydrogen-bond donors (Lipinski definition) is 0. The number of amides is 1. The van der Waals surface area contributed by atoms with E-state index in [0.717, 1.165) is 56.4 Å². The van der Waals surface area contributed by atoms with Gasteiger partial charge in [-0.2, -0.15) is 0 Å². The third kappa shape index (κ3) is 3.39. The Morgan fingerprint density at radius 3 is 2.48 bits per heavy atom. The summed E-state index contributed by atoms with van der Waals surface area (Å²) in [5.41, 5.74) is 3.08. The number of rotatable bonds is 3. The monoisotopic (exact) mass is 365 g/mol. The highest BCUT2D eigenvalue weighted by Gasteiger charge is 2.27. The van der Waals surface area contributed by atoms with Crippen molar-refractivity contribution in [3.63, 3.8) is 0 Å². The molecule has 2 heterocycles. The molecule has 0 radical (unpaired) electrons. The second-order valence-corrected chi connectivity index (χ2v) is 7.20. The van der Waals surface area contributed by atoms with Gasteiger partial charge in [0.1, 0.15) is 5.69 Å². The van der Waals surface area contributed by atoms with Crippen LogP contribution in [0.1, 0.15) is 41.6 Å². The molecular formula is C21H23N3O3. The highest BCUT2D eigenvalue weighted by Crippen LogP contribution is 2.33. The zero-order chi connectivity index (χ0) is 18.8. The van der Waals surface area contributed by atoms with Crippen LogP contribution in [0.2, 0.25) is 0 Å². The maximum atomic E-state index is 13.1. The van der Waals surface area contributed by atoms with Crippen molar-refractivity contribution in [1.82, 2.24) is 0 Å². The Morgan fingerprint density at radius 1 is 0.926 bits per heavy atom. The van der Waals surface area contributed by atoms with Crippen LogP contribution in [-0.4, -0.2) is 30.5 Å². The summed E-state index contributed by atoms with van der Waals surface area (Å²) in [6.45, 7) is 2.29. The van der Waals surface area contributed by atoms with E-state index >= 15 is 0 Å². The summed E-state index contributed by atoms with van der Waals surface area (Å²) in [5.74, 6) is -0.171. The Balaban J connectivity index is 1.67. The van der Waals surface area contributed by atoms with Crippen LogP contribution >= 0.6 is 0 Å². The number of fused-ring (bicyclic) bond motifs is 1. The lowest BCUT2D eigenvalue weighted by atomic mass is 10.0. The van der Waals surface area contributed by atoms with Crippen LogP contribution in [0.5, 0.6) is 0 Å². The molecule has 0 unspecified atom stereocenters. The van der Waals surface area contributed by atoms with E-state index in [0.29, 0.717) is 17.8 Å². The number of piperidine rings is 1. The lowest BCUT2D eigenvalue weighted by Crippen LogP contribution is -2.35. The summed E-state index contributed by atoms with van der Waals surface area (Å²) < 4.78 is 0. The van der Waals surface area contributed by atoms with Crippen molar-refractivity contribution < 1.29 is 9.72 Å². The minimum atomic E-state index is -0.370. The average Bonchev–Trinajstić information content (AvgIpc) is 2.73. The summed E-state index contributed by atoms with van der Waals surface area (Å²) in [7, 11) is 0. The number of nitrogens with zero attached hydrogens (tertiary/aromatic N) is 3. The largest absolute Gasteiger partial charge is 0.366 e. The molecule has 2 aromatic carbocycles. The van der Waals surface area contributed by atoms with Crippen LogP contribution in [0.3, 0.4) is 0 Å². The van der Waals surface area contributed by atoms with E-state index in [1.54, 1.807) is 17.0 Å². The second-order valence-electron chi connectivity index (χ2n) is 7.20. The molecule has 1 amide bonds. The number of nitro groups is 1. The molecule has 0 aromatic heterocycles. The molecular weight excluding hydrogens is 342 g/mol. The fourth-order valence-electron chi connectivity index (χ4n) is 4.11. The SMILES string of the molecule is O=C(c1ccc(N2CCCCC2)c([N+](=O)[O-])c1)N1CCCc2ccccc21. The summed E-state index contributed by atoms with van der Waals surface area (Å²) in [6.07, 6.45) is 5.10. The fraction of sp³-hybridized carbons (Fsp3) is 0.381. The summed E-state index contributed by atoms with van der Waals surface area (Å²) >= 11 is 0. The maximum absolute atomic E-state index is 13.1. The van der Waals surface area contributed by atoms with Crippen LogP contribution in [0.25, 0.3) is 0 Å². The van der Waals surface area contributed by atoms with Gasteiger partial charge in [0.05, 0.1) is 4.92 Å². The smallest absolute Gasteiger partial charge is 0.293 e. The van der Waals surface area contributed by atoms with Gasteiger partial charge >= 0.3 is 0 Å². The lowest BCUT2D eigenvalue weighted by molar-refractivity contribution is -0.384. The first-order chi connectivity index (χ1) is 13.1. The van der Waals surface area contributed by atoms with Gasteiger partial charge in [0.25, 0.3) is 11.6 Å². The number of anilines is 2. The second kappa shape index (κ2) is 7.39. The zero-order valence-corrected chi connectivity index (χ0v) is 15.3. The number of carbonyl (C=O) groups excluding carboxylic acids is 1. The normalized spacial score (nSPS) is 16.7. The molecule has 0 saturated carbocycles. The van der Waals surface area contributed by atoms with Crippen LogP contribution in [-0.2, 0) is 6.42 Å². The predicted molar refractivity (Wildman–Crippen MR) is 106 cm³/mol. The van der Waals surface area contributed by atoms with Crippen molar-refractivity contribution in [2.24, 2.45) is 0 Å². The highest BCUT2D eigenvalue weighted by molar-refractivity contribution is 6.07. The first-order valence-corrected chi connectivity index (χ1v) is 9.58. The van der Waals surface area contributed by atoms with Gasteiger partial charge in [-0.05, 0) is 55.9 Å². The Kier molecular flexibility index (Phi) is 4.79. The summed E-state index contributed by atoms with van der Waals surface area (Å²) in [5, 5.41) is 11.7. The van der Waals surface area contributed by atoms with E-state index < -0.39 is 0 Å². The van der Waals surface area contributed by atoms with E-state index in [4.69, 9.17) is 0 Å². The molecule has 0 aliphatic carbocycles. The van der Waals surface area contributed by atoms with Crippen LogP contribution in [0.15, 0.2) is 42.5 Å². The van der Waals surface area contributed by atoms with Gasteiger partial charge in [-0.3, -0.25) is 14.9 Å². The number of aryl methyl sites for hydroxylation is 1. The third-order valence-corrected chi connectivity index (χ3v) is 5.47. The van der Waals surface area contributed by atoms with Gasteiger partial charge in [-0.15, -0.1) is 0 Å². The number of carbonyl (C=O) groups is 1. The maximum Gasteiger partial charge on any atom is 0.293 e. The number of para-hydroxylation sites is 1. The highest BCUT2D eigenvalue weighted by atomic mass is 16.6. The first-order valence-electron chi connectivity index (χ1n) is 9.58. The molecule has 0 bridgehead atoms. The summed E-state index contributed by atoms with van der Waals surface area (Å²) in [4.78, 5) is 28.2. The lowest BCUT2D eigenvalue weighted by Gasteiger charge is -2.30. The van der Waals surface area contributed by atoms with Crippen molar-refractivity contribution in [2.45, 2.75) is 32.1 Å². The quantitative estimate of drug-likeness (QED) is 0.604. The average molecular weight is 365 g/mol. The third-order valence-electron chi connectivity index (χ3n) is 5.47. The predicted octanol–water partition coefficient (Wildman–Crippen LogP) is 4.18. The van der Waals surface area contributed by atoms with Gasteiger partial charge < -0.3 is 9.80 Å². The van der Waals surface area contributed by atoms with E-state index in [1.165, 1.54) is 6.07 Å². The molecule has 4 rings (SSSR count). The Bertz CT molecular complexity index is 875. The van der Waals surface area contributed by atoms with E-state index in [-0.39, 0.29) is 16.5 Å². The number of nitro benzene ring substituents is 1. The van der Waals surface area contributed by atoms with E-state index in [1.807, 2.05) is 24.3 Å². The van der Waals surface area contributed by atoms with Gasteiger partial charge in [0.15, 0.2) is 0 Å². The molecule has 140 valence electrons. The number of hydrogen-bond acceptors (Lipinski definition) is 4. The molecule has 0 N–H and O–H groups in total. The van der Waals surface area contributed by atoms with Gasteiger partial charge in [-0.25, -0.2) is 0 Å². The van der Waals surface area contributed by atoms with Crippen molar-refractivity contribution in [2.75, 3.05) is 29.4 Å². The molecule has 0 spiro atoms. The fourth-order valence-corrected chi connectivity index (χ4v) is 4.11. The molecule has 6 heteroatoms. The standard InChI is InChI=1S/C21H23N3O3/c25-21(23-14-6-8-16-7-2-3-9-18(16)23)17-10-11-19(20(15-17)24(26)27)22-12-4-1-5-13-22/h2-3,7,9-11,15H,1,4-6,8,12-14H2. The molecule has 0 atom stereocenters. The van der Waals surface area contributed by atoms with Gasteiger partial charge in [0.2, 0.25) is 0 Å². The van der Waals surface area contributed by atoms with Gasteiger partial charge in [-0.1, -0.05) is 18.2 Å².